The molecule has 1 aliphatic heterocycles. The summed E-state index contributed by atoms with van der Waals surface area (Å²) in [6, 6.07) is 0.122. The second kappa shape index (κ2) is 6.98. The normalized spacial score (nSPS) is 22.6. The molecule has 2 atom stereocenters. The van der Waals surface area contributed by atoms with Crippen molar-refractivity contribution in [2.75, 3.05) is 33.3 Å². The van der Waals surface area contributed by atoms with Crippen molar-refractivity contribution in [3.8, 4) is 0 Å². The molecule has 0 saturated carbocycles. The minimum absolute atomic E-state index is 0.0628. The van der Waals surface area contributed by atoms with Crippen LogP contribution in [0, 0.1) is 0 Å². The third-order valence-corrected chi connectivity index (χ3v) is 3.49. The Kier molecular flexibility index (Phi) is 5.30. The van der Waals surface area contributed by atoms with Gasteiger partial charge in [-0.05, 0) is 26.4 Å². The standard InChI is InChI=1S/C13H24N4O2/c1-4-6-17-7-8-18-11(9-17)12-15-13(19-16-12)10(5-2)14-3/h10-11,14H,4-9H2,1-3H3. The first-order chi connectivity index (χ1) is 9.28. The molecule has 1 aromatic heterocycles. The molecule has 1 fully saturated rings. The van der Waals surface area contributed by atoms with Gasteiger partial charge in [0, 0.05) is 13.1 Å². The Morgan fingerprint density at radius 2 is 2.32 bits per heavy atom. The van der Waals surface area contributed by atoms with E-state index in [-0.39, 0.29) is 12.1 Å². The summed E-state index contributed by atoms with van der Waals surface area (Å²) < 4.78 is 11.1. The van der Waals surface area contributed by atoms with Gasteiger partial charge < -0.3 is 14.6 Å². The third kappa shape index (κ3) is 3.52. The highest BCUT2D eigenvalue weighted by Gasteiger charge is 2.26. The summed E-state index contributed by atoms with van der Waals surface area (Å²) in [7, 11) is 1.90. The molecule has 1 N–H and O–H groups in total. The van der Waals surface area contributed by atoms with Gasteiger partial charge >= 0.3 is 0 Å². The number of nitrogens with one attached hydrogen (secondary N) is 1. The molecule has 6 heteroatoms. The number of ether oxygens (including phenoxy) is 1. The minimum Gasteiger partial charge on any atom is -0.367 e. The lowest BCUT2D eigenvalue weighted by molar-refractivity contribution is -0.0350. The van der Waals surface area contributed by atoms with E-state index in [0.717, 1.165) is 39.1 Å². The zero-order chi connectivity index (χ0) is 13.7. The van der Waals surface area contributed by atoms with Gasteiger partial charge in [-0.2, -0.15) is 4.98 Å². The van der Waals surface area contributed by atoms with Crippen LogP contribution in [0.3, 0.4) is 0 Å². The summed E-state index contributed by atoms with van der Waals surface area (Å²) in [6.07, 6.45) is 2.01. The molecule has 0 aliphatic carbocycles. The molecule has 1 aromatic rings. The number of hydrogen-bond donors (Lipinski definition) is 1. The Bertz CT molecular complexity index is 376. The number of rotatable bonds is 6. The van der Waals surface area contributed by atoms with Crippen molar-refractivity contribution in [2.24, 2.45) is 0 Å². The molecular formula is C13H24N4O2. The minimum atomic E-state index is -0.0628. The van der Waals surface area contributed by atoms with Crippen LogP contribution in [0.4, 0.5) is 0 Å². The van der Waals surface area contributed by atoms with Crippen molar-refractivity contribution in [1.82, 2.24) is 20.4 Å². The van der Waals surface area contributed by atoms with E-state index >= 15 is 0 Å². The number of aromatic nitrogens is 2. The predicted molar refractivity (Wildman–Crippen MR) is 71.8 cm³/mol. The van der Waals surface area contributed by atoms with Gasteiger partial charge in [0.25, 0.3) is 0 Å². The lowest BCUT2D eigenvalue weighted by Gasteiger charge is -2.30. The Balaban J connectivity index is 2.01. The van der Waals surface area contributed by atoms with Gasteiger partial charge in [-0.25, -0.2) is 0 Å². The van der Waals surface area contributed by atoms with Gasteiger partial charge in [-0.1, -0.05) is 19.0 Å². The van der Waals surface area contributed by atoms with E-state index in [1.54, 1.807) is 0 Å². The predicted octanol–water partition coefficient (Wildman–Crippen LogP) is 1.52. The molecule has 0 radical (unpaired) electrons. The van der Waals surface area contributed by atoms with E-state index in [4.69, 9.17) is 9.26 Å². The fourth-order valence-electron chi connectivity index (χ4n) is 2.40. The molecule has 0 spiro atoms. The quantitative estimate of drug-likeness (QED) is 0.844. The number of morpholine rings is 1. The second-order valence-electron chi connectivity index (χ2n) is 4.90. The molecule has 19 heavy (non-hydrogen) atoms. The molecule has 2 unspecified atom stereocenters. The maximum atomic E-state index is 5.75. The molecule has 6 nitrogen and oxygen atoms in total. The Labute approximate surface area is 114 Å². The summed E-state index contributed by atoms with van der Waals surface area (Å²) in [5, 5.41) is 7.24. The first-order valence-corrected chi connectivity index (χ1v) is 7.13. The van der Waals surface area contributed by atoms with Crippen LogP contribution < -0.4 is 5.32 Å². The van der Waals surface area contributed by atoms with Crippen LogP contribution in [0.1, 0.15) is 50.6 Å². The van der Waals surface area contributed by atoms with E-state index < -0.39 is 0 Å². The Morgan fingerprint density at radius 3 is 3.00 bits per heavy atom. The van der Waals surface area contributed by atoms with Crippen LogP contribution in [0.25, 0.3) is 0 Å². The third-order valence-electron chi connectivity index (χ3n) is 3.49. The molecule has 0 bridgehead atoms. The summed E-state index contributed by atoms with van der Waals surface area (Å²) >= 11 is 0. The highest BCUT2D eigenvalue weighted by molar-refractivity contribution is 4.97. The maximum absolute atomic E-state index is 5.75. The molecule has 1 aliphatic rings. The smallest absolute Gasteiger partial charge is 0.243 e. The van der Waals surface area contributed by atoms with Crippen molar-refractivity contribution < 1.29 is 9.26 Å². The maximum Gasteiger partial charge on any atom is 0.243 e. The van der Waals surface area contributed by atoms with Crippen LogP contribution in [-0.4, -0.2) is 48.3 Å². The van der Waals surface area contributed by atoms with Crippen molar-refractivity contribution in [3.63, 3.8) is 0 Å². The van der Waals surface area contributed by atoms with Crippen molar-refractivity contribution in [1.29, 1.82) is 0 Å². The molecule has 108 valence electrons. The molecule has 0 amide bonds. The van der Waals surface area contributed by atoms with E-state index in [9.17, 15) is 0 Å². The van der Waals surface area contributed by atoms with Crippen LogP contribution in [0.2, 0.25) is 0 Å². The van der Waals surface area contributed by atoms with Crippen LogP contribution >= 0.6 is 0 Å². The lowest BCUT2D eigenvalue weighted by atomic mass is 10.2. The number of nitrogens with zero attached hydrogens (tertiary/aromatic N) is 3. The van der Waals surface area contributed by atoms with E-state index in [0.29, 0.717) is 11.7 Å². The van der Waals surface area contributed by atoms with E-state index in [1.807, 2.05) is 7.05 Å². The van der Waals surface area contributed by atoms with Crippen LogP contribution in [-0.2, 0) is 4.74 Å². The Morgan fingerprint density at radius 1 is 1.47 bits per heavy atom. The summed E-state index contributed by atoms with van der Waals surface area (Å²) in [4.78, 5) is 6.87. The van der Waals surface area contributed by atoms with Crippen LogP contribution in [0.5, 0.6) is 0 Å². The molecule has 2 rings (SSSR count). The zero-order valence-electron chi connectivity index (χ0n) is 12.1. The zero-order valence-corrected chi connectivity index (χ0v) is 12.1. The summed E-state index contributed by atoms with van der Waals surface area (Å²) in [5.41, 5.74) is 0. The van der Waals surface area contributed by atoms with Gasteiger partial charge in [0.15, 0.2) is 0 Å². The number of hydrogen-bond acceptors (Lipinski definition) is 6. The van der Waals surface area contributed by atoms with Crippen molar-refractivity contribution >= 4 is 0 Å². The fourth-order valence-corrected chi connectivity index (χ4v) is 2.40. The SMILES string of the molecule is CCCN1CCOC(c2noc(C(CC)NC)n2)C1. The summed E-state index contributed by atoms with van der Waals surface area (Å²) in [5.74, 6) is 1.32. The molecule has 1 saturated heterocycles. The van der Waals surface area contributed by atoms with Gasteiger partial charge in [-0.15, -0.1) is 0 Å². The second-order valence-corrected chi connectivity index (χ2v) is 4.90. The van der Waals surface area contributed by atoms with Crippen LogP contribution in [0.15, 0.2) is 4.52 Å². The largest absolute Gasteiger partial charge is 0.367 e. The molecule has 0 aromatic carbocycles. The first-order valence-electron chi connectivity index (χ1n) is 7.13. The average Bonchev–Trinajstić information content (AvgIpc) is 2.91. The average molecular weight is 268 g/mol. The highest BCUT2D eigenvalue weighted by Crippen LogP contribution is 2.22. The molecular weight excluding hydrogens is 244 g/mol. The Hall–Kier alpha value is -0.980. The van der Waals surface area contributed by atoms with Gasteiger partial charge in [0.05, 0.1) is 12.6 Å². The van der Waals surface area contributed by atoms with Gasteiger partial charge in [-0.3, -0.25) is 4.90 Å². The van der Waals surface area contributed by atoms with Gasteiger partial charge in [0.2, 0.25) is 11.7 Å². The van der Waals surface area contributed by atoms with E-state index in [2.05, 4.69) is 34.2 Å². The lowest BCUT2D eigenvalue weighted by Crippen LogP contribution is -2.39. The van der Waals surface area contributed by atoms with Crippen molar-refractivity contribution in [2.45, 2.75) is 38.8 Å². The fraction of sp³-hybridized carbons (Fsp3) is 0.846. The van der Waals surface area contributed by atoms with E-state index in [1.165, 1.54) is 0 Å². The first kappa shape index (κ1) is 14.4. The van der Waals surface area contributed by atoms with Gasteiger partial charge in [0.1, 0.15) is 6.10 Å². The highest BCUT2D eigenvalue weighted by atomic mass is 16.5. The summed E-state index contributed by atoms with van der Waals surface area (Å²) in [6.45, 7) is 7.95. The van der Waals surface area contributed by atoms with Crippen molar-refractivity contribution in [3.05, 3.63) is 11.7 Å². The molecule has 2 heterocycles. The monoisotopic (exact) mass is 268 g/mol. The topological polar surface area (TPSA) is 63.4 Å².